The van der Waals surface area contributed by atoms with Crippen molar-refractivity contribution in [2.24, 2.45) is 0 Å². The van der Waals surface area contributed by atoms with Crippen molar-refractivity contribution in [3.8, 4) is 0 Å². The van der Waals surface area contributed by atoms with Crippen LogP contribution in [0.5, 0.6) is 0 Å². The fraction of sp³-hybridized carbons (Fsp3) is 0.176. The van der Waals surface area contributed by atoms with Crippen LogP contribution in [0.15, 0.2) is 46.9 Å². The highest BCUT2D eigenvalue weighted by Crippen LogP contribution is 2.19. The summed E-state index contributed by atoms with van der Waals surface area (Å²) in [6.45, 7) is -0.113. The Bertz CT molecular complexity index is 750. The molecule has 0 heterocycles. The molecular weight excluding hydrogens is 379 g/mol. The molecule has 0 saturated carbocycles. The highest BCUT2D eigenvalue weighted by atomic mass is 79.9. The van der Waals surface area contributed by atoms with Gasteiger partial charge in [0.15, 0.2) is 6.61 Å². The van der Waals surface area contributed by atoms with Gasteiger partial charge in [-0.15, -0.1) is 0 Å². The third-order valence-electron chi connectivity index (χ3n) is 3.32. The molecule has 0 aliphatic carbocycles. The van der Waals surface area contributed by atoms with Gasteiger partial charge in [-0.1, -0.05) is 28.1 Å². The molecule has 2 aromatic carbocycles. The number of benzene rings is 2. The molecule has 2 rings (SSSR count). The molecule has 24 heavy (non-hydrogen) atoms. The van der Waals surface area contributed by atoms with Gasteiger partial charge in [0.1, 0.15) is 5.82 Å². The van der Waals surface area contributed by atoms with Gasteiger partial charge in [0.2, 0.25) is 0 Å². The number of halogens is 2. The Morgan fingerprint density at radius 3 is 2.54 bits per heavy atom. The molecular formula is C17H16BrFN2O3. The summed E-state index contributed by atoms with van der Waals surface area (Å²) in [4.78, 5) is 25.4. The van der Waals surface area contributed by atoms with E-state index in [0.29, 0.717) is 4.47 Å². The van der Waals surface area contributed by atoms with Gasteiger partial charge in [0, 0.05) is 23.8 Å². The average Bonchev–Trinajstić information content (AvgIpc) is 2.56. The van der Waals surface area contributed by atoms with Crippen molar-refractivity contribution < 1.29 is 18.7 Å². The second-order valence-corrected chi connectivity index (χ2v) is 6.10. The lowest BCUT2D eigenvalue weighted by molar-refractivity contribution is -0.133. The average molecular weight is 395 g/mol. The van der Waals surface area contributed by atoms with Crippen LogP contribution in [0.3, 0.4) is 0 Å². The summed E-state index contributed by atoms with van der Waals surface area (Å²) in [6.07, 6.45) is 0. The lowest BCUT2D eigenvalue weighted by Gasteiger charge is -2.17. The minimum Gasteiger partial charge on any atom is -0.452 e. The van der Waals surface area contributed by atoms with Gasteiger partial charge in [-0.2, -0.15) is 0 Å². The molecule has 7 heteroatoms. The molecule has 0 unspecified atom stereocenters. The molecule has 2 aromatic rings. The highest BCUT2D eigenvalue weighted by molar-refractivity contribution is 9.10. The molecule has 126 valence electrons. The van der Waals surface area contributed by atoms with Crippen LogP contribution in [0.25, 0.3) is 0 Å². The van der Waals surface area contributed by atoms with E-state index in [1.54, 1.807) is 31.3 Å². The van der Waals surface area contributed by atoms with E-state index in [0.717, 1.165) is 5.56 Å². The van der Waals surface area contributed by atoms with Crippen molar-refractivity contribution in [3.63, 3.8) is 0 Å². The minimum atomic E-state index is -0.669. The van der Waals surface area contributed by atoms with E-state index in [-0.39, 0.29) is 29.5 Å². The van der Waals surface area contributed by atoms with Gasteiger partial charge >= 0.3 is 5.97 Å². The number of hydrogen-bond acceptors (Lipinski definition) is 4. The predicted octanol–water partition coefficient (Wildman–Crippen LogP) is 2.99. The maximum atomic E-state index is 12.9. The van der Waals surface area contributed by atoms with Crippen molar-refractivity contribution in [2.75, 3.05) is 19.4 Å². The summed E-state index contributed by atoms with van der Waals surface area (Å²) < 4.78 is 18.6. The molecule has 0 aliphatic heterocycles. The van der Waals surface area contributed by atoms with Gasteiger partial charge in [0.25, 0.3) is 5.91 Å². The molecule has 0 radical (unpaired) electrons. The molecule has 0 bridgehead atoms. The van der Waals surface area contributed by atoms with Gasteiger partial charge in [0.05, 0.1) is 5.56 Å². The number of anilines is 1. The van der Waals surface area contributed by atoms with Crippen LogP contribution in [0, 0.1) is 5.82 Å². The number of esters is 1. The number of ether oxygens (including phenoxy) is 1. The first-order valence-electron chi connectivity index (χ1n) is 7.07. The molecule has 0 aromatic heterocycles. The third kappa shape index (κ3) is 4.79. The smallest absolute Gasteiger partial charge is 0.340 e. The number of amides is 1. The lowest BCUT2D eigenvalue weighted by atomic mass is 10.2. The first-order valence-corrected chi connectivity index (χ1v) is 7.86. The molecule has 5 nitrogen and oxygen atoms in total. The number of likely N-dealkylation sites (N-methyl/N-ethyl adjacent to an activating group) is 1. The van der Waals surface area contributed by atoms with Crippen LogP contribution in [0.2, 0.25) is 0 Å². The summed E-state index contributed by atoms with van der Waals surface area (Å²) in [5.74, 6) is -1.38. The monoisotopic (exact) mass is 394 g/mol. The zero-order chi connectivity index (χ0) is 17.7. The number of carbonyl (C=O) groups excluding carboxylic acids is 2. The molecule has 1 amide bonds. The molecule has 0 aliphatic rings. The van der Waals surface area contributed by atoms with Crippen molar-refractivity contribution in [1.29, 1.82) is 0 Å². The first-order chi connectivity index (χ1) is 11.4. The fourth-order valence-corrected chi connectivity index (χ4v) is 2.33. The van der Waals surface area contributed by atoms with Crippen LogP contribution < -0.4 is 5.73 Å². The second kappa shape index (κ2) is 7.92. The SMILES string of the molecule is CN(Cc1ccc(F)cc1)C(=O)COC(=O)c1cc(Br)ccc1N. The predicted molar refractivity (Wildman–Crippen MR) is 91.7 cm³/mol. The molecule has 0 spiro atoms. The van der Waals surface area contributed by atoms with Gasteiger partial charge in [-0.05, 0) is 35.9 Å². The number of carbonyl (C=O) groups is 2. The number of nitrogens with two attached hydrogens (primary N) is 1. The topological polar surface area (TPSA) is 72.6 Å². The Morgan fingerprint density at radius 1 is 1.21 bits per heavy atom. The van der Waals surface area contributed by atoms with Crippen LogP contribution >= 0.6 is 15.9 Å². The van der Waals surface area contributed by atoms with Crippen LogP contribution in [-0.2, 0) is 16.1 Å². The molecule has 0 fully saturated rings. The maximum absolute atomic E-state index is 12.9. The Balaban J connectivity index is 1.91. The van der Waals surface area contributed by atoms with Crippen LogP contribution in [0.4, 0.5) is 10.1 Å². The van der Waals surface area contributed by atoms with E-state index in [2.05, 4.69) is 15.9 Å². The summed E-state index contributed by atoms with van der Waals surface area (Å²) in [7, 11) is 1.58. The maximum Gasteiger partial charge on any atom is 0.340 e. The molecule has 0 saturated heterocycles. The van der Waals surface area contributed by atoms with E-state index in [4.69, 9.17) is 10.5 Å². The van der Waals surface area contributed by atoms with E-state index in [9.17, 15) is 14.0 Å². The Labute approximate surface area is 147 Å². The van der Waals surface area contributed by atoms with Crippen molar-refractivity contribution >= 4 is 33.5 Å². The minimum absolute atomic E-state index is 0.193. The Morgan fingerprint density at radius 2 is 1.88 bits per heavy atom. The van der Waals surface area contributed by atoms with Gasteiger partial charge < -0.3 is 15.4 Å². The normalized spacial score (nSPS) is 10.3. The zero-order valence-corrected chi connectivity index (χ0v) is 14.5. The Hall–Kier alpha value is -2.41. The first kappa shape index (κ1) is 17.9. The number of hydrogen-bond donors (Lipinski definition) is 1. The number of rotatable bonds is 5. The largest absolute Gasteiger partial charge is 0.452 e. The van der Waals surface area contributed by atoms with Gasteiger partial charge in [-0.25, -0.2) is 9.18 Å². The van der Waals surface area contributed by atoms with E-state index >= 15 is 0 Å². The molecule has 0 atom stereocenters. The van der Waals surface area contributed by atoms with Crippen molar-refractivity contribution in [1.82, 2.24) is 4.90 Å². The second-order valence-electron chi connectivity index (χ2n) is 5.18. The molecule has 2 N–H and O–H groups in total. The van der Waals surface area contributed by atoms with Crippen LogP contribution in [0.1, 0.15) is 15.9 Å². The van der Waals surface area contributed by atoms with E-state index < -0.39 is 12.6 Å². The van der Waals surface area contributed by atoms with Crippen molar-refractivity contribution in [2.45, 2.75) is 6.54 Å². The van der Waals surface area contributed by atoms with E-state index in [1.807, 2.05) is 0 Å². The fourth-order valence-electron chi connectivity index (χ4n) is 1.97. The summed E-state index contributed by atoms with van der Waals surface area (Å²) in [5.41, 5.74) is 6.96. The van der Waals surface area contributed by atoms with Crippen LogP contribution in [-0.4, -0.2) is 30.4 Å². The third-order valence-corrected chi connectivity index (χ3v) is 3.81. The summed E-state index contributed by atoms with van der Waals surface area (Å²) in [6, 6.07) is 10.6. The number of nitrogen functional groups attached to an aromatic ring is 1. The standard InChI is InChI=1S/C17H16BrFN2O3/c1-21(9-11-2-5-13(19)6-3-11)16(22)10-24-17(23)14-8-12(18)4-7-15(14)20/h2-8H,9-10,20H2,1H3. The lowest BCUT2D eigenvalue weighted by Crippen LogP contribution is -2.30. The van der Waals surface area contributed by atoms with Crippen molar-refractivity contribution in [3.05, 3.63) is 63.9 Å². The number of nitrogens with zero attached hydrogens (tertiary/aromatic N) is 1. The van der Waals surface area contributed by atoms with Gasteiger partial charge in [-0.3, -0.25) is 4.79 Å². The quantitative estimate of drug-likeness (QED) is 0.624. The Kier molecular flexibility index (Phi) is 5.92. The highest BCUT2D eigenvalue weighted by Gasteiger charge is 2.16. The zero-order valence-electron chi connectivity index (χ0n) is 13.0. The summed E-state index contributed by atoms with van der Waals surface area (Å²) in [5, 5.41) is 0. The summed E-state index contributed by atoms with van der Waals surface area (Å²) >= 11 is 3.24. The van der Waals surface area contributed by atoms with E-state index in [1.165, 1.54) is 23.1 Å².